The van der Waals surface area contributed by atoms with Crippen LogP contribution in [0.25, 0.3) is 0 Å². The van der Waals surface area contributed by atoms with Crippen molar-refractivity contribution in [1.29, 1.82) is 0 Å². The van der Waals surface area contributed by atoms with Gasteiger partial charge in [-0.3, -0.25) is 14.9 Å². The van der Waals surface area contributed by atoms with Crippen molar-refractivity contribution < 1.29 is 4.42 Å². The summed E-state index contributed by atoms with van der Waals surface area (Å²) in [6.07, 6.45) is 9.52. The highest BCUT2D eigenvalue weighted by atomic mass is 16.3. The van der Waals surface area contributed by atoms with Gasteiger partial charge in [0.15, 0.2) is 0 Å². The van der Waals surface area contributed by atoms with E-state index in [1.807, 2.05) is 6.07 Å². The molecule has 0 aromatic carbocycles. The van der Waals surface area contributed by atoms with Crippen LogP contribution in [-0.4, -0.2) is 34.5 Å². The van der Waals surface area contributed by atoms with Crippen LogP contribution in [0.3, 0.4) is 0 Å². The van der Waals surface area contributed by atoms with Gasteiger partial charge in [-0.25, -0.2) is 0 Å². The zero-order valence-corrected chi connectivity index (χ0v) is 11.5. The zero-order valence-electron chi connectivity index (χ0n) is 11.5. The molecule has 1 atom stereocenters. The Labute approximate surface area is 119 Å². The van der Waals surface area contributed by atoms with E-state index in [4.69, 9.17) is 4.42 Å². The quantitative estimate of drug-likeness (QED) is 0.871. The number of hydrogen-bond donors (Lipinski definition) is 1. The van der Waals surface area contributed by atoms with Gasteiger partial charge >= 0.3 is 0 Å². The third-order valence-corrected chi connectivity index (χ3v) is 3.71. The maximum absolute atomic E-state index is 5.60. The zero-order chi connectivity index (χ0) is 13.6. The Morgan fingerprint density at radius 1 is 1.30 bits per heavy atom. The van der Waals surface area contributed by atoms with Gasteiger partial charge in [-0.1, -0.05) is 0 Å². The molecule has 1 fully saturated rings. The molecule has 1 N–H and O–H groups in total. The third-order valence-electron chi connectivity index (χ3n) is 3.71. The molecular weight excluding hydrogens is 252 g/mol. The first-order valence-corrected chi connectivity index (χ1v) is 7.16. The smallest absolute Gasteiger partial charge is 0.122 e. The average Bonchev–Trinajstić information content (AvgIpc) is 3.18. The highest BCUT2D eigenvalue weighted by molar-refractivity contribution is 5.06. The molecule has 5 nitrogen and oxygen atoms in total. The minimum absolute atomic E-state index is 0.309. The topological polar surface area (TPSA) is 54.2 Å². The molecule has 20 heavy (non-hydrogen) atoms. The summed E-state index contributed by atoms with van der Waals surface area (Å²) in [4.78, 5) is 10.8. The van der Waals surface area contributed by atoms with Crippen molar-refractivity contribution in [3.63, 3.8) is 0 Å². The summed E-state index contributed by atoms with van der Waals surface area (Å²) in [7, 11) is 0. The molecular formula is C15H20N4O. The van der Waals surface area contributed by atoms with E-state index in [0.29, 0.717) is 6.04 Å². The highest BCUT2D eigenvalue weighted by Crippen LogP contribution is 2.24. The highest BCUT2D eigenvalue weighted by Gasteiger charge is 2.24. The van der Waals surface area contributed by atoms with E-state index in [1.165, 1.54) is 12.8 Å². The molecule has 1 aliphatic rings. The van der Waals surface area contributed by atoms with Gasteiger partial charge in [0.1, 0.15) is 5.76 Å². The van der Waals surface area contributed by atoms with E-state index >= 15 is 0 Å². The second kappa shape index (κ2) is 6.63. The van der Waals surface area contributed by atoms with Crippen LogP contribution in [0.15, 0.2) is 41.4 Å². The van der Waals surface area contributed by atoms with Gasteiger partial charge in [-0.05, 0) is 38.1 Å². The summed E-state index contributed by atoms with van der Waals surface area (Å²) in [6, 6.07) is 4.33. The summed E-state index contributed by atoms with van der Waals surface area (Å²) >= 11 is 0. The lowest BCUT2D eigenvalue weighted by atomic mass is 10.2. The SMILES string of the molecule is c1coc(C(CNCc2cnccn2)N2CCCC2)c1. The molecule has 1 unspecified atom stereocenters. The molecule has 0 bridgehead atoms. The number of nitrogens with one attached hydrogen (secondary N) is 1. The van der Waals surface area contributed by atoms with E-state index < -0.39 is 0 Å². The first-order valence-electron chi connectivity index (χ1n) is 7.16. The van der Waals surface area contributed by atoms with Crippen LogP contribution in [0.5, 0.6) is 0 Å². The molecule has 0 saturated carbocycles. The van der Waals surface area contributed by atoms with E-state index in [1.54, 1.807) is 24.9 Å². The Hall–Kier alpha value is -1.72. The standard InChI is InChI=1S/C15H20N4O/c1-2-8-19(7-1)14(15-4-3-9-20-15)12-17-11-13-10-16-5-6-18-13/h3-6,9-10,14,17H,1-2,7-8,11-12H2. The Morgan fingerprint density at radius 2 is 2.20 bits per heavy atom. The fraction of sp³-hybridized carbons (Fsp3) is 0.467. The molecule has 2 aromatic heterocycles. The van der Waals surface area contributed by atoms with Gasteiger partial charge in [0.2, 0.25) is 0 Å². The van der Waals surface area contributed by atoms with E-state index in [0.717, 1.165) is 37.6 Å². The number of likely N-dealkylation sites (tertiary alicyclic amines) is 1. The molecule has 3 rings (SSSR count). The largest absolute Gasteiger partial charge is 0.468 e. The maximum Gasteiger partial charge on any atom is 0.122 e. The van der Waals surface area contributed by atoms with Crippen LogP contribution in [-0.2, 0) is 6.54 Å². The molecule has 106 valence electrons. The molecule has 0 aliphatic carbocycles. The van der Waals surface area contributed by atoms with Crippen molar-refractivity contribution in [3.8, 4) is 0 Å². The van der Waals surface area contributed by atoms with Crippen LogP contribution < -0.4 is 5.32 Å². The summed E-state index contributed by atoms with van der Waals surface area (Å²) in [5, 5.41) is 3.46. The minimum atomic E-state index is 0.309. The number of nitrogens with zero attached hydrogens (tertiary/aromatic N) is 3. The fourth-order valence-electron chi connectivity index (χ4n) is 2.70. The van der Waals surface area contributed by atoms with Gasteiger partial charge in [0.05, 0.1) is 18.0 Å². The number of aromatic nitrogens is 2. The normalized spacial score (nSPS) is 17.4. The third kappa shape index (κ3) is 3.23. The maximum atomic E-state index is 5.60. The number of furan rings is 1. The molecule has 2 aromatic rings. The minimum Gasteiger partial charge on any atom is -0.468 e. The molecule has 1 aliphatic heterocycles. The summed E-state index contributed by atoms with van der Waals surface area (Å²) < 4.78 is 5.60. The second-order valence-corrected chi connectivity index (χ2v) is 5.10. The Morgan fingerprint density at radius 3 is 2.90 bits per heavy atom. The molecule has 0 spiro atoms. The van der Waals surface area contributed by atoms with E-state index in [9.17, 15) is 0 Å². The van der Waals surface area contributed by atoms with Crippen molar-refractivity contribution in [2.45, 2.75) is 25.4 Å². The van der Waals surface area contributed by atoms with Crippen LogP contribution in [0.2, 0.25) is 0 Å². The van der Waals surface area contributed by atoms with Crippen molar-refractivity contribution in [2.24, 2.45) is 0 Å². The second-order valence-electron chi connectivity index (χ2n) is 5.10. The fourth-order valence-corrected chi connectivity index (χ4v) is 2.70. The van der Waals surface area contributed by atoms with Crippen LogP contribution in [0, 0.1) is 0 Å². The predicted molar refractivity (Wildman–Crippen MR) is 76.0 cm³/mol. The number of rotatable bonds is 6. The van der Waals surface area contributed by atoms with Crippen LogP contribution >= 0.6 is 0 Å². The molecule has 1 saturated heterocycles. The molecule has 0 amide bonds. The van der Waals surface area contributed by atoms with Crippen molar-refractivity contribution >= 4 is 0 Å². The Bertz CT molecular complexity index is 494. The average molecular weight is 272 g/mol. The monoisotopic (exact) mass is 272 g/mol. The predicted octanol–water partition coefficient (Wildman–Crippen LogP) is 2.00. The van der Waals surface area contributed by atoms with Gasteiger partial charge in [0, 0.05) is 31.7 Å². The lowest BCUT2D eigenvalue weighted by molar-refractivity contribution is 0.209. The summed E-state index contributed by atoms with van der Waals surface area (Å²) in [5.41, 5.74) is 0.965. The summed E-state index contributed by atoms with van der Waals surface area (Å²) in [5.74, 6) is 1.04. The summed E-state index contributed by atoms with van der Waals surface area (Å²) in [6.45, 7) is 3.90. The van der Waals surface area contributed by atoms with Crippen LogP contribution in [0.1, 0.15) is 30.3 Å². The lowest BCUT2D eigenvalue weighted by Gasteiger charge is -2.26. The number of hydrogen-bond acceptors (Lipinski definition) is 5. The first-order chi connectivity index (χ1) is 9.93. The van der Waals surface area contributed by atoms with E-state index in [2.05, 4.69) is 26.3 Å². The van der Waals surface area contributed by atoms with Gasteiger partial charge < -0.3 is 9.73 Å². The molecule has 0 radical (unpaired) electrons. The van der Waals surface area contributed by atoms with Gasteiger partial charge in [0.25, 0.3) is 0 Å². The van der Waals surface area contributed by atoms with Crippen molar-refractivity contribution in [1.82, 2.24) is 20.2 Å². The Balaban J connectivity index is 1.59. The first kappa shape index (κ1) is 13.3. The van der Waals surface area contributed by atoms with Gasteiger partial charge in [-0.15, -0.1) is 0 Å². The molecule has 3 heterocycles. The molecule has 5 heteroatoms. The van der Waals surface area contributed by atoms with Gasteiger partial charge in [-0.2, -0.15) is 0 Å². The Kier molecular flexibility index (Phi) is 4.40. The van der Waals surface area contributed by atoms with Crippen molar-refractivity contribution in [2.75, 3.05) is 19.6 Å². The van der Waals surface area contributed by atoms with Crippen LogP contribution in [0.4, 0.5) is 0 Å². The lowest BCUT2D eigenvalue weighted by Crippen LogP contribution is -2.33. The van der Waals surface area contributed by atoms with E-state index in [-0.39, 0.29) is 0 Å². The van der Waals surface area contributed by atoms with Crippen molar-refractivity contribution in [3.05, 3.63) is 48.4 Å².